The number of benzene rings is 1. The largest absolute Gasteiger partial charge is 0.494 e. The van der Waals surface area contributed by atoms with Gasteiger partial charge in [0.15, 0.2) is 0 Å². The van der Waals surface area contributed by atoms with Crippen molar-refractivity contribution in [3.8, 4) is 5.75 Å². The van der Waals surface area contributed by atoms with E-state index in [2.05, 4.69) is 49.1 Å². The van der Waals surface area contributed by atoms with E-state index >= 15 is 0 Å². The maximum Gasteiger partial charge on any atom is 0.119 e. The summed E-state index contributed by atoms with van der Waals surface area (Å²) in [5, 5.41) is 3.67. The Balaban J connectivity index is 2.25. The molecule has 3 heteroatoms. The first-order chi connectivity index (χ1) is 9.19. The first-order valence-corrected chi connectivity index (χ1v) is 8.28. The highest BCUT2D eigenvalue weighted by atomic mass is 32.2. The lowest BCUT2D eigenvalue weighted by atomic mass is 9.90. The Kier molecular flexibility index (Phi) is 5.17. The molecule has 0 aliphatic carbocycles. The molecule has 19 heavy (non-hydrogen) atoms. The molecule has 2 atom stereocenters. The number of nitrogens with one attached hydrogen (secondary N) is 1. The number of hydrogen-bond donors (Lipinski definition) is 1. The zero-order valence-corrected chi connectivity index (χ0v) is 13.1. The summed E-state index contributed by atoms with van der Waals surface area (Å²) >= 11 is 2.10. The van der Waals surface area contributed by atoms with Crippen LogP contribution in [0, 0.1) is 0 Å². The normalized spacial score (nSPS) is 24.4. The molecular weight excluding hydrogens is 254 g/mol. The molecule has 0 aromatic heterocycles. The first kappa shape index (κ1) is 14.7. The van der Waals surface area contributed by atoms with Crippen molar-refractivity contribution in [2.75, 3.05) is 18.9 Å². The molecule has 2 rings (SSSR count). The second-order valence-electron chi connectivity index (χ2n) is 5.26. The molecule has 2 unspecified atom stereocenters. The third-order valence-electron chi connectivity index (χ3n) is 3.77. The molecule has 1 aliphatic rings. The monoisotopic (exact) mass is 279 g/mol. The van der Waals surface area contributed by atoms with E-state index in [0.29, 0.717) is 10.8 Å². The van der Waals surface area contributed by atoms with Crippen LogP contribution in [0.4, 0.5) is 0 Å². The fourth-order valence-corrected chi connectivity index (χ4v) is 4.30. The molecular formula is C16H25NOS. The standard InChI is InChI=1S/C16H25NOS/c1-4-17-15(16(3)10-7-11-19-16)13-8-6-9-14(12-13)18-5-2/h6,8-9,12,15,17H,4-5,7,10-11H2,1-3H3. The third-order valence-corrected chi connectivity index (χ3v) is 5.36. The third kappa shape index (κ3) is 3.46. The highest BCUT2D eigenvalue weighted by Crippen LogP contribution is 2.46. The molecule has 0 amide bonds. The quantitative estimate of drug-likeness (QED) is 0.849. The molecule has 1 saturated heterocycles. The number of hydrogen-bond acceptors (Lipinski definition) is 3. The summed E-state index contributed by atoms with van der Waals surface area (Å²) in [4.78, 5) is 0. The van der Waals surface area contributed by atoms with Crippen LogP contribution in [-0.4, -0.2) is 23.7 Å². The Morgan fingerprint density at radius 1 is 1.42 bits per heavy atom. The van der Waals surface area contributed by atoms with Crippen LogP contribution in [0.3, 0.4) is 0 Å². The predicted octanol–water partition coefficient (Wildman–Crippen LogP) is 4.02. The molecule has 1 aromatic carbocycles. The van der Waals surface area contributed by atoms with Crippen molar-refractivity contribution in [1.82, 2.24) is 5.32 Å². The van der Waals surface area contributed by atoms with Gasteiger partial charge in [-0.15, -0.1) is 0 Å². The summed E-state index contributed by atoms with van der Waals surface area (Å²) in [6, 6.07) is 8.97. The van der Waals surface area contributed by atoms with Gasteiger partial charge in [-0.1, -0.05) is 19.1 Å². The van der Waals surface area contributed by atoms with Gasteiger partial charge in [0.05, 0.1) is 6.61 Å². The van der Waals surface area contributed by atoms with Crippen molar-refractivity contribution >= 4 is 11.8 Å². The van der Waals surface area contributed by atoms with Gasteiger partial charge in [0, 0.05) is 10.8 Å². The van der Waals surface area contributed by atoms with Gasteiger partial charge in [0.25, 0.3) is 0 Å². The summed E-state index contributed by atoms with van der Waals surface area (Å²) in [5.74, 6) is 2.26. The zero-order valence-electron chi connectivity index (χ0n) is 12.2. The topological polar surface area (TPSA) is 21.3 Å². The van der Waals surface area contributed by atoms with Gasteiger partial charge in [-0.05, 0) is 56.7 Å². The lowest BCUT2D eigenvalue weighted by molar-refractivity contribution is 0.338. The van der Waals surface area contributed by atoms with Crippen LogP contribution in [0.15, 0.2) is 24.3 Å². The molecule has 0 bridgehead atoms. The molecule has 1 aliphatic heterocycles. The smallest absolute Gasteiger partial charge is 0.119 e. The summed E-state index contributed by atoms with van der Waals surface area (Å²) in [6.07, 6.45) is 2.61. The molecule has 0 spiro atoms. The van der Waals surface area contributed by atoms with Crippen molar-refractivity contribution in [1.29, 1.82) is 0 Å². The van der Waals surface area contributed by atoms with E-state index in [-0.39, 0.29) is 0 Å². The second kappa shape index (κ2) is 6.67. The molecule has 0 saturated carbocycles. The molecule has 1 fully saturated rings. The van der Waals surface area contributed by atoms with Gasteiger partial charge in [-0.25, -0.2) is 0 Å². The van der Waals surface area contributed by atoms with Crippen LogP contribution >= 0.6 is 11.8 Å². The maximum atomic E-state index is 5.64. The molecule has 106 valence electrons. The van der Waals surface area contributed by atoms with E-state index < -0.39 is 0 Å². The average molecular weight is 279 g/mol. The van der Waals surface area contributed by atoms with Gasteiger partial charge < -0.3 is 10.1 Å². The van der Waals surface area contributed by atoms with Crippen molar-refractivity contribution < 1.29 is 4.74 Å². The van der Waals surface area contributed by atoms with Gasteiger partial charge in [0.2, 0.25) is 0 Å². The van der Waals surface area contributed by atoms with E-state index in [9.17, 15) is 0 Å². The fourth-order valence-electron chi connectivity index (χ4n) is 2.87. The lowest BCUT2D eigenvalue weighted by Crippen LogP contribution is -2.37. The summed E-state index contributed by atoms with van der Waals surface area (Å²) in [5.41, 5.74) is 1.35. The first-order valence-electron chi connectivity index (χ1n) is 7.29. The minimum absolute atomic E-state index is 0.306. The number of ether oxygens (including phenoxy) is 1. The Bertz CT molecular complexity index is 401. The van der Waals surface area contributed by atoms with Gasteiger partial charge in [-0.3, -0.25) is 0 Å². The Morgan fingerprint density at radius 2 is 2.26 bits per heavy atom. The van der Waals surface area contributed by atoms with Gasteiger partial charge >= 0.3 is 0 Å². The van der Waals surface area contributed by atoms with Crippen LogP contribution in [0.1, 0.15) is 45.2 Å². The van der Waals surface area contributed by atoms with Crippen LogP contribution in [0.25, 0.3) is 0 Å². The summed E-state index contributed by atoms with van der Waals surface area (Å²) in [6.45, 7) is 8.33. The fraction of sp³-hybridized carbons (Fsp3) is 0.625. The summed E-state index contributed by atoms with van der Waals surface area (Å²) in [7, 11) is 0. The van der Waals surface area contributed by atoms with Crippen LogP contribution in [0.2, 0.25) is 0 Å². The second-order valence-corrected chi connectivity index (χ2v) is 6.89. The van der Waals surface area contributed by atoms with E-state index in [1.54, 1.807) is 0 Å². The SMILES string of the molecule is CCNC(c1cccc(OCC)c1)C1(C)CCCS1. The summed E-state index contributed by atoms with van der Waals surface area (Å²) < 4.78 is 5.94. The number of thioether (sulfide) groups is 1. The van der Waals surface area contributed by atoms with E-state index in [1.807, 2.05) is 13.0 Å². The molecule has 1 aromatic rings. The van der Waals surface area contributed by atoms with Gasteiger partial charge in [-0.2, -0.15) is 11.8 Å². The van der Waals surface area contributed by atoms with Gasteiger partial charge in [0.1, 0.15) is 5.75 Å². The maximum absolute atomic E-state index is 5.64. The Labute approximate surface area is 121 Å². The number of rotatable bonds is 6. The van der Waals surface area contributed by atoms with Crippen molar-refractivity contribution in [2.45, 2.75) is 44.4 Å². The minimum atomic E-state index is 0.306. The van der Waals surface area contributed by atoms with E-state index in [0.717, 1.165) is 18.9 Å². The average Bonchev–Trinajstić information content (AvgIpc) is 2.84. The zero-order chi connectivity index (χ0) is 13.7. The Hall–Kier alpha value is -0.670. The molecule has 0 radical (unpaired) electrons. The lowest BCUT2D eigenvalue weighted by Gasteiger charge is -2.34. The van der Waals surface area contributed by atoms with Crippen molar-refractivity contribution in [3.63, 3.8) is 0 Å². The van der Waals surface area contributed by atoms with Crippen molar-refractivity contribution in [2.24, 2.45) is 0 Å². The highest BCUT2D eigenvalue weighted by molar-refractivity contribution is 8.00. The van der Waals surface area contributed by atoms with E-state index in [4.69, 9.17) is 4.74 Å². The van der Waals surface area contributed by atoms with Crippen LogP contribution < -0.4 is 10.1 Å². The van der Waals surface area contributed by atoms with Crippen LogP contribution in [0.5, 0.6) is 5.75 Å². The minimum Gasteiger partial charge on any atom is -0.494 e. The molecule has 1 N–H and O–H groups in total. The Morgan fingerprint density at radius 3 is 2.89 bits per heavy atom. The predicted molar refractivity (Wildman–Crippen MR) is 84.1 cm³/mol. The van der Waals surface area contributed by atoms with Crippen LogP contribution in [-0.2, 0) is 0 Å². The van der Waals surface area contributed by atoms with E-state index in [1.165, 1.54) is 24.2 Å². The molecule has 2 nitrogen and oxygen atoms in total. The van der Waals surface area contributed by atoms with Crippen molar-refractivity contribution in [3.05, 3.63) is 29.8 Å². The highest BCUT2D eigenvalue weighted by Gasteiger charge is 2.38. The molecule has 1 heterocycles.